The van der Waals surface area contributed by atoms with Crippen LogP contribution in [0.15, 0.2) is 27.8 Å². The largest absolute Gasteiger partial charge is 0.467 e. The number of rotatable bonds is 10. The summed E-state index contributed by atoms with van der Waals surface area (Å²) in [5.74, 6) is 1.68. The maximum absolute atomic E-state index is 5.37. The van der Waals surface area contributed by atoms with Gasteiger partial charge in [-0.1, -0.05) is 0 Å². The first-order valence-corrected chi connectivity index (χ1v) is 8.81. The first-order chi connectivity index (χ1) is 11.9. The quantitative estimate of drug-likeness (QED) is 0.237. The van der Waals surface area contributed by atoms with Crippen LogP contribution in [0.1, 0.15) is 19.1 Å². The van der Waals surface area contributed by atoms with Gasteiger partial charge >= 0.3 is 0 Å². The number of guanidine groups is 1. The van der Waals surface area contributed by atoms with Gasteiger partial charge in [0.05, 0.1) is 19.5 Å². The van der Waals surface area contributed by atoms with Gasteiger partial charge in [0.15, 0.2) is 5.96 Å². The first-order valence-electron chi connectivity index (χ1n) is 8.81. The Labute approximate surface area is 167 Å². The molecule has 0 bridgehead atoms. The molecule has 144 valence electrons. The number of nitrogens with one attached hydrogen (secondary N) is 2. The highest BCUT2D eigenvalue weighted by molar-refractivity contribution is 14.0. The summed E-state index contributed by atoms with van der Waals surface area (Å²) in [4.78, 5) is 6.98. The number of morpholine rings is 1. The summed E-state index contributed by atoms with van der Waals surface area (Å²) < 4.78 is 16.1. The molecule has 1 saturated heterocycles. The second-order valence-corrected chi connectivity index (χ2v) is 5.60. The molecule has 0 unspecified atom stereocenters. The van der Waals surface area contributed by atoms with Crippen molar-refractivity contribution in [1.29, 1.82) is 0 Å². The van der Waals surface area contributed by atoms with Gasteiger partial charge in [-0.2, -0.15) is 0 Å². The summed E-state index contributed by atoms with van der Waals surface area (Å²) in [6.07, 6.45) is 2.63. The van der Waals surface area contributed by atoms with E-state index in [0.717, 1.165) is 77.3 Å². The molecule has 2 rings (SSSR count). The fourth-order valence-corrected chi connectivity index (χ4v) is 2.42. The van der Waals surface area contributed by atoms with E-state index in [2.05, 4.69) is 20.5 Å². The second-order valence-electron chi connectivity index (χ2n) is 5.60. The topological polar surface area (TPSA) is 71.3 Å². The maximum atomic E-state index is 5.37. The highest BCUT2D eigenvalue weighted by atomic mass is 127. The van der Waals surface area contributed by atoms with Gasteiger partial charge in [-0.3, -0.25) is 4.90 Å². The van der Waals surface area contributed by atoms with E-state index in [9.17, 15) is 0 Å². The van der Waals surface area contributed by atoms with Crippen molar-refractivity contribution < 1.29 is 13.9 Å². The highest BCUT2D eigenvalue weighted by Gasteiger charge is 2.09. The molecular weight excluding hydrogens is 435 g/mol. The van der Waals surface area contributed by atoms with Gasteiger partial charge in [0.25, 0.3) is 0 Å². The third kappa shape index (κ3) is 10.0. The Balaban J connectivity index is 0.00000312. The molecule has 1 aliphatic rings. The molecule has 0 aliphatic carbocycles. The fourth-order valence-electron chi connectivity index (χ4n) is 2.42. The molecule has 0 spiro atoms. The Morgan fingerprint density at radius 3 is 2.80 bits per heavy atom. The van der Waals surface area contributed by atoms with Crippen molar-refractivity contribution in [3.05, 3.63) is 24.2 Å². The summed E-state index contributed by atoms with van der Waals surface area (Å²) in [6, 6.07) is 3.82. The molecule has 1 aromatic heterocycles. The monoisotopic (exact) mass is 466 g/mol. The van der Waals surface area contributed by atoms with Gasteiger partial charge in [-0.05, 0) is 25.5 Å². The third-order valence-corrected chi connectivity index (χ3v) is 3.76. The van der Waals surface area contributed by atoms with Crippen molar-refractivity contribution in [3.63, 3.8) is 0 Å². The Kier molecular flexibility index (Phi) is 12.7. The van der Waals surface area contributed by atoms with E-state index in [0.29, 0.717) is 6.54 Å². The Hall–Kier alpha value is -0.840. The average molecular weight is 466 g/mol. The molecule has 2 heterocycles. The van der Waals surface area contributed by atoms with Crippen LogP contribution in [0.2, 0.25) is 0 Å². The maximum Gasteiger partial charge on any atom is 0.191 e. The van der Waals surface area contributed by atoms with Crippen molar-refractivity contribution in [2.75, 3.05) is 59.2 Å². The number of aliphatic imine (C=N–C) groups is 1. The van der Waals surface area contributed by atoms with E-state index >= 15 is 0 Å². The van der Waals surface area contributed by atoms with E-state index < -0.39 is 0 Å². The molecule has 25 heavy (non-hydrogen) atoms. The molecule has 0 aromatic carbocycles. The standard InChI is InChI=1S/C17H30N4O3.HI/c1-2-22-11-4-6-18-17(20-15-16-5-3-12-24-16)19-7-8-21-9-13-23-14-10-21;/h3,5,12H,2,4,6-11,13-15H2,1H3,(H2,18,19,20);1H. The van der Waals surface area contributed by atoms with E-state index in [1.807, 2.05) is 19.1 Å². The van der Waals surface area contributed by atoms with E-state index in [4.69, 9.17) is 13.9 Å². The minimum Gasteiger partial charge on any atom is -0.467 e. The van der Waals surface area contributed by atoms with Gasteiger partial charge in [0.1, 0.15) is 12.3 Å². The van der Waals surface area contributed by atoms with E-state index in [1.165, 1.54) is 0 Å². The summed E-state index contributed by atoms with van der Waals surface area (Å²) in [7, 11) is 0. The Morgan fingerprint density at radius 1 is 1.28 bits per heavy atom. The lowest BCUT2D eigenvalue weighted by molar-refractivity contribution is 0.0389. The molecule has 0 radical (unpaired) electrons. The lowest BCUT2D eigenvalue weighted by Gasteiger charge is -2.26. The van der Waals surface area contributed by atoms with Crippen molar-refractivity contribution in [3.8, 4) is 0 Å². The van der Waals surface area contributed by atoms with Gasteiger partial charge < -0.3 is 24.5 Å². The number of furan rings is 1. The molecule has 0 atom stereocenters. The zero-order valence-corrected chi connectivity index (χ0v) is 17.4. The van der Waals surface area contributed by atoms with Crippen molar-refractivity contribution in [2.45, 2.75) is 19.9 Å². The van der Waals surface area contributed by atoms with Gasteiger partial charge in [-0.25, -0.2) is 4.99 Å². The van der Waals surface area contributed by atoms with Gasteiger partial charge in [-0.15, -0.1) is 24.0 Å². The molecule has 0 amide bonds. The highest BCUT2D eigenvalue weighted by Crippen LogP contribution is 2.01. The van der Waals surface area contributed by atoms with Crippen LogP contribution in [-0.4, -0.2) is 70.0 Å². The van der Waals surface area contributed by atoms with Crippen LogP contribution < -0.4 is 10.6 Å². The first kappa shape index (κ1) is 22.2. The zero-order valence-electron chi connectivity index (χ0n) is 15.0. The Bertz CT molecular complexity index is 451. The van der Waals surface area contributed by atoms with Crippen LogP contribution in [-0.2, 0) is 16.0 Å². The van der Waals surface area contributed by atoms with Crippen molar-refractivity contribution in [1.82, 2.24) is 15.5 Å². The number of halogens is 1. The molecule has 7 nitrogen and oxygen atoms in total. The number of hydrogen-bond donors (Lipinski definition) is 2. The third-order valence-electron chi connectivity index (χ3n) is 3.76. The molecule has 1 aromatic rings. The molecule has 1 fully saturated rings. The number of hydrogen-bond acceptors (Lipinski definition) is 5. The molecule has 0 saturated carbocycles. The SMILES string of the molecule is CCOCCCNC(=NCc1ccco1)NCCN1CCOCC1.I. The Morgan fingerprint density at radius 2 is 2.08 bits per heavy atom. The van der Waals surface area contributed by atoms with Gasteiger partial charge in [0.2, 0.25) is 0 Å². The van der Waals surface area contributed by atoms with Crippen LogP contribution in [0.5, 0.6) is 0 Å². The number of nitrogens with zero attached hydrogens (tertiary/aromatic N) is 2. The smallest absolute Gasteiger partial charge is 0.191 e. The predicted molar refractivity (Wildman–Crippen MR) is 110 cm³/mol. The minimum atomic E-state index is 0. The summed E-state index contributed by atoms with van der Waals surface area (Å²) in [6.45, 7) is 10.4. The lowest BCUT2D eigenvalue weighted by Crippen LogP contribution is -2.44. The molecule has 2 N–H and O–H groups in total. The zero-order chi connectivity index (χ0) is 16.9. The van der Waals surface area contributed by atoms with Crippen LogP contribution in [0, 0.1) is 0 Å². The van der Waals surface area contributed by atoms with Crippen LogP contribution in [0.4, 0.5) is 0 Å². The molecule has 8 heteroatoms. The lowest BCUT2D eigenvalue weighted by atomic mass is 10.4. The average Bonchev–Trinajstić information content (AvgIpc) is 3.13. The van der Waals surface area contributed by atoms with Crippen LogP contribution >= 0.6 is 24.0 Å². The van der Waals surface area contributed by atoms with Crippen LogP contribution in [0.3, 0.4) is 0 Å². The second kappa shape index (κ2) is 14.3. The van der Waals surface area contributed by atoms with Crippen LogP contribution in [0.25, 0.3) is 0 Å². The summed E-state index contributed by atoms with van der Waals surface area (Å²) >= 11 is 0. The molecule has 1 aliphatic heterocycles. The van der Waals surface area contributed by atoms with Crippen molar-refractivity contribution >= 4 is 29.9 Å². The van der Waals surface area contributed by atoms with E-state index in [1.54, 1.807) is 6.26 Å². The normalized spacial score (nSPS) is 15.6. The number of ether oxygens (including phenoxy) is 2. The van der Waals surface area contributed by atoms with Gasteiger partial charge in [0, 0.05) is 45.9 Å². The van der Waals surface area contributed by atoms with Crippen molar-refractivity contribution in [2.24, 2.45) is 4.99 Å². The minimum absolute atomic E-state index is 0. The molecular formula is C17H31IN4O3. The van der Waals surface area contributed by atoms with E-state index in [-0.39, 0.29) is 24.0 Å². The fraction of sp³-hybridized carbons (Fsp3) is 0.706. The summed E-state index contributed by atoms with van der Waals surface area (Å²) in [5, 5.41) is 6.75. The summed E-state index contributed by atoms with van der Waals surface area (Å²) in [5.41, 5.74) is 0. The predicted octanol–water partition coefficient (Wildman–Crippen LogP) is 1.69.